The second kappa shape index (κ2) is 13.2. The van der Waals surface area contributed by atoms with Gasteiger partial charge in [0.1, 0.15) is 5.75 Å². The van der Waals surface area contributed by atoms with Crippen LogP contribution in [0.25, 0.3) is 0 Å². The summed E-state index contributed by atoms with van der Waals surface area (Å²) in [6.45, 7) is 5.47. The van der Waals surface area contributed by atoms with Gasteiger partial charge in [-0.2, -0.15) is 0 Å². The largest absolute Gasteiger partial charge is 0.494 e. The molecule has 0 radical (unpaired) electrons. The summed E-state index contributed by atoms with van der Waals surface area (Å²) >= 11 is 0. The van der Waals surface area contributed by atoms with Crippen molar-refractivity contribution in [3.8, 4) is 5.75 Å². The van der Waals surface area contributed by atoms with Gasteiger partial charge in [0, 0.05) is 23.5 Å². The van der Waals surface area contributed by atoms with Gasteiger partial charge in [-0.25, -0.2) is 0 Å². The van der Waals surface area contributed by atoms with Gasteiger partial charge < -0.3 is 20.7 Å². The third-order valence-corrected chi connectivity index (χ3v) is 4.57. The molecule has 2 aromatic rings. The highest BCUT2D eigenvalue weighted by Crippen LogP contribution is 2.16. The summed E-state index contributed by atoms with van der Waals surface area (Å²) < 4.78 is 5.74. The molecule has 0 aliphatic rings. The fourth-order valence-corrected chi connectivity index (χ4v) is 2.95. The van der Waals surface area contributed by atoms with Crippen LogP contribution in [0, 0.1) is 0 Å². The van der Waals surface area contributed by atoms with Gasteiger partial charge in [-0.1, -0.05) is 38.7 Å². The number of carbonyl (C=O) groups excluding carboxylic acids is 2. The van der Waals surface area contributed by atoms with Crippen molar-refractivity contribution in [2.75, 3.05) is 30.3 Å². The van der Waals surface area contributed by atoms with Crippen LogP contribution in [0.4, 0.5) is 11.4 Å². The molecule has 0 saturated heterocycles. The first-order valence-electron chi connectivity index (χ1n) is 10.8. The monoisotopic (exact) mass is 411 g/mol. The van der Waals surface area contributed by atoms with Crippen LogP contribution < -0.4 is 20.7 Å². The standard InChI is InChI=1S/C24H33N3O3/c1-3-5-6-7-8-16-30-22-14-12-20(13-15-22)27-23(28)18-26-21-11-9-10-19(17-21)24(29)25-4-2/h9-15,17,26H,3-8,16,18H2,1-2H3,(H,25,29)(H,27,28). The molecule has 0 aliphatic carbocycles. The van der Waals surface area contributed by atoms with Gasteiger partial charge in [0.05, 0.1) is 13.2 Å². The molecule has 162 valence electrons. The van der Waals surface area contributed by atoms with Crippen LogP contribution in [0.15, 0.2) is 48.5 Å². The van der Waals surface area contributed by atoms with E-state index in [4.69, 9.17) is 4.74 Å². The molecule has 2 aromatic carbocycles. The molecular formula is C24H33N3O3. The fourth-order valence-electron chi connectivity index (χ4n) is 2.95. The number of anilines is 2. The summed E-state index contributed by atoms with van der Waals surface area (Å²) in [6, 6.07) is 14.5. The Labute approximate surface area is 179 Å². The summed E-state index contributed by atoms with van der Waals surface area (Å²) in [4.78, 5) is 24.1. The average Bonchev–Trinajstić information content (AvgIpc) is 2.76. The molecule has 30 heavy (non-hydrogen) atoms. The minimum absolute atomic E-state index is 0.106. The van der Waals surface area contributed by atoms with Crippen molar-refractivity contribution in [2.45, 2.75) is 46.0 Å². The van der Waals surface area contributed by atoms with Crippen LogP contribution in [0.1, 0.15) is 56.3 Å². The lowest BCUT2D eigenvalue weighted by Crippen LogP contribution is -2.23. The number of nitrogens with one attached hydrogen (secondary N) is 3. The van der Waals surface area contributed by atoms with E-state index in [2.05, 4.69) is 22.9 Å². The maximum absolute atomic E-state index is 12.2. The molecule has 2 rings (SSSR count). The number of ether oxygens (including phenoxy) is 1. The van der Waals surface area contributed by atoms with Crippen LogP contribution in [0.3, 0.4) is 0 Å². The Hall–Kier alpha value is -3.02. The molecular weight excluding hydrogens is 378 g/mol. The minimum Gasteiger partial charge on any atom is -0.494 e. The molecule has 6 heteroatoms. The topological polar surface area (TPSA) is 79.5 Å². The normalized spacial score (nSPS) is 10.3. The molecule has 0 aromatic heterocycles. The maximum Gasteiger partial charge on any atom is 0.251 e. The number of benzene rings is 2. The van der Waals surface area contributed by atoms with E-state index in [-0.39, 0.29) is 18.4 Å². The van der Waals surface area contributed by atoms with E-state index in [1.54, 1.807) is 18.2 Å². The third-order valence-electron chi connectivity index (χ3n) is 4.57. The quantitative estimate of drug-likeness (QED) is 0.412. The number of hydrogen-bond acceptors (Lipinski definition) is 4. The zero-order chi connectivity index (χ0) is 21.6. The number of carbonyl (C=O) groups is 2. The van der Waals surface area contributed by atoms with E-state index in [1.807, 2.05) is 37.3 Å². The summed E-state index contributed by atoms with van der Waals surface area (Å²) in [5.74, 6) is 0.515. The lowest BCUT2D eigenvalue weighted by Gasteiger charge is -2.10. The summed E-state index contributed by atoms with van der Waals surface area (Å²) in [5.41, 5.74) is 1.99. The molecule has 0 aliphatic heterocycles. The van der Waals surface area contributed by atoms with E-state index in [1.165, 1.54) is 25.7 Å². The number of hydrogen-bond donors (Lipinski definition) is 3. The molecule has 0 saturated carbocycles. The predicted molar refractivity (Wildman–Crippen MR) is 122 cm³/mol. The van der Waals surface area contributed by atoms with E-state index in [9.17, 15) is 9.59 Å². The Kier molecular flexibility index (Phi) is 10.3. The van der Waals surface area contributed by atoms with Gasteiger partial charge in [-0.3, -0.25) is 9.59 Å². The van der Waals surface area contributed by atoms with Crippen LogP contribution in [0.5, 0.6) is 5.75 Å². The zero-order valence-corrected chi connectivity index (χ0v) is 18.0. The first-order chi connectivity index (χ1) is 14.6. The van der Waals surface area contributed by atoms with Crippen molar-refractivity contribution in [3.05, 3.63) is 54.1 Å². The third kappa shape index (κ3) is 8.55. The van der Waals surface area contributed by atoms with Gasteiger partial charge in [0.2, 0.25) is 5.91 Å². The molecule has 0 heterocycles. The Morgan fingerprint density at radius 1 is 0.900 bits per heavy atom. The molecule has 0 spiro atoms. The maximum atomic E-state index is 12.2. The molecule has 0 bridgehead atoms. The van der Waals surface area contributed by atoms with Crippen molar-refractivity contribution >= 4 is 23.2 Å². The minimum atomic E-state index is -0.164. The van der Waals surface area contributed by atoms with Gasteiger partial charge in [-0.05, 0) is 55.8 Å². The fraction of sp³-hybridized carbons (Fsp3) is 0.417. The SMILES string of the molecule is CCCCCCCOc1ccc(NC(=O)CNc2cccc(C(=O)NCC)c2)cc1. The first-order valence-corrected chi connectivity index (χ1v) is 10.8. The van der Waals surface area contributed by atoms with Crippen LogP contribution >= 0.6 is 0 Å². The summed E-state index contributed by atoms with van der Waals surface area (Å²) in [6.07, 6.45) is 6.04. The number of unbranched alkanes of at least 4 members (excludes halogenated alkanes) is 4. The number of amides is 2. The molecule has 6 nitrogen and oxygen atoms in total. The molecule has 0 fully saturated rings. The highest BCUT2D eigenvalue weighted by Gasteiger charge is 2.06. The predicted octanol–water partition coefficient (Wildman–Crippen LogP) is 4.84. The van der Waals surface area contributed by atoms with E-state index >= 15 is 0 Å². The molecule has 3 N–H and O–H groups in total. The molecule has 0 unspecified atom stereocenters. The first kappa shape index (κ1) is 23.3. The highest BCUT2D eigenvalue weighted by atomic mass is 16.5. The Bertz CT molecular complexity index is 791. The van der Waals surface area contributed by atoms with E-state index < -0.39 is 0 Å². The second-order valence-electron chi connectivity index (χ2n) is 7.13. The summed E-state index contributed by atoms with van der Waals surface area (Å²) in [5, 5.41) is 8.66. The van der Waals surface area contributed by atoms with Gasteiger partial charge in [-0.15, -0.1) is 0 Å². The van der Waals surface area contributed by atoms with Crippen molar-refractivity contribution in [1.82, 2.24) is 5.32 Å². The zero-order valence-electron chi connectivity index (χ0n) is 18.0. The second-order valence-corrected chi connectivity index (χ2v) is 7.13. The highest BCUT2D eigenvalue weighted by molar-refractivity contribution is 5.96. The average molecular weight is 412 g/mol. The van der Waals surface area contributed by atoms with Crippen LogP contribution in [-0.4, -0.2) is 31.5 Å². The number of rotatable bonds is 13. The van der Waals surface area contributed by atoms with Gasteiger partial charge in [0.25, 0.3) is 5.91 Å². The van der Waals surface area contributed by atoms with Crippen molar-refractivity contribution in [2.24, 2.45) is 0 Å². The Balaban J connectivity index is 1.73. The summed E-state index contributed by atoms with van der Waals surface area (Å²) in [7, 11) is 0. The molecule has 2 amide bonds. The smallest absolute Gasteiger partial charge is 0.251 e. The Morgan fingerprint density at radius 2 is 1.67 bits per heavy atom. The van der Waals surface area contributed by atoms with Crippen LogP contribution in [0.2, 0.25) is 0 Å². The lowest BCUT2D eigenvalue weighted by atomic mass is 10.2. The van der Waals surface area contributed by atoms with Crippen LogP contribution in [-0.2, 0) is 4.79 Å². The van der Waals surface area contributed by atoms with Crippen molar-refractivity contribution in [1.29, 1.82) is 0 Å². The van der Waals surface area contributed by atoms with Gasteiger partial charge in [0.15, 0.2) is 0 Å². The molecule has 0 atom stereocenters. The van der Waals surface area contributed by atoms with Crippen molar-refractivity contribution in [3.63, 3.8) is 0 Å². The van der Waals surface area contributed by atoms with E-state index in [0.717, 1.165) is 17.9 Å². The Morgan fingerprint density at radius 3 is 2.40 bits per heavy atom. The van der Waals surface area contributed by atoms with Gasteiger partial charge >= 0.3 is 0 Å². The van der Waals surface area contributed by atoms with Crippen molar-refractivity contribution < 1.29 is 14.3 Å². The van der Waals surface area contributed by atoms with E-state index in [0.29, 0.717) is 24.4 Å². The lowest BCUT2D eigenvalue weighted by molar-refractivity contribution is -0.114.